The topological polar surface area (TPSA) is 93.5 Å². The first-order valence-corrected chi connectivity index (χ1v) is 7.14. The largest absolute Gasteiger partial charge is 0.501 e. The Morgan fingerprint density at radius 3 is 2.90 bits per heavy atom. The Bertz CT molecular complexity index is 597. The van der Waals surface area contributed by atoms with Crippen LogP contribution in [0.25, 0.3) is 0 Å². The number of nitrogens with one attached hydrogen (secondary N) is 1. The van der Waals surface area contributed by atoms with E-state index in [0.29, 0.717) is 24.8 Å². The van der Waals surface area contributed by atoms with Crippen LogP contribution in [0.3, 0.4) is 0 Å². The number of hydrogen-bond acceptors (Lipinski definition) is 6. The number of hydrogen-bond donors (Lipinski definition) is 2. The molecule has 1 aliphatic rings. The molecule has 1 aliphatic heterocycles. The van der Waals surface area contributed by atoms with Crippen molar-refractivity contribution < 1.29 is 14.6 Å². The van der Waals surface area contributed by atoms with E-state index in [1.165, 1.54) is 4.57 Å². The molecule has 7 nitrogen and oxygen atoms in total. The molecule has 0 saturated heterocycles. The van der Waals surface area contributed by atoms with Gasteiger partial charge in [-0.1, -0.05) is 6.92 Å². The minimum atomic E-state index is -0.766. The number of ether oxygens (including phenoxy) is 1. The van der Waals surface area contributed by atoms with Crippen molar-refractivity contribution in [3.8, 4) is 5.75 Å². The smallest absolute Gasteiger partial charge is 0.361 e. The second-order valence-corrected chi connectivity index (χ2v) is 5.40. The van der Waals surface area contributed by atoms with Crippen molar-refractivity contribution in [3.63, 3.8) is 0 Å². The van der Waals surface area contributed by atoms with Crippen LogP contribution < -0.4 is 10.9 Å². The lowest BCUT2D eigenvalue weighted by molar-refractivity contribution is 0.0513. The molecule has 0 spiro atoms. The molecule has 2 unspecified atom stereocenters. The van der Waals surface area contributed by atoms with Gasteiger partial charge in [-0.25, -0.2) is 9.78 Å². The third kappa shape index (κ3) is 2.92. The van der Waals surface area contributed by atoms with Gasteiger partial charge >= 0.3 is 5.97 Å². The van der Waals surface area contributed by atoms with Crippen LogP contribution in [0.2, 0.25) is 0 Å². The Balaban J connectivity index is 2.55. The fourth-order valence-electron chi connectivity index (χ4n) is 2.79. The first kappa shape index (κ1) is 15.5. The van der Waals surface area contributed by atoms with Gasteiger partial charge < -0.3 is 15.2 Å². The first-order chi connectivity index (χ1) is 9.99. The highest BCUT2D eigenvalue weighted by atomic mass is 16.5. The molecular weight excluding hydrogens is 274 g/mol. The van der Waals surface area contributed by atoms with E-state index in [4.69, 9.17) is 4.74 Å². The van der Waals surface area contributed by atoms with Gasteiger partial charge in [0.15, 0.2) is 5.69 Å². The summed E-state index contributed by atoms with van der Waals surface area (Å²) in [7, 11) is 1.83. The Kier molecular flexibility index (Phi) is 4.62. The Morgan fingerprint density at radius 2 is 2.29 bits per heavy atom. The van der Waals surface area contributed by atoms with E-state index >= 15 is 0 Å². The standard InChI is InChI=1S/C14H21N3O4/c1-4-21-14(20)10-11(18)13(19)17-7-8(2)5-9(6-15-3)12(17)16-10/h8-9,15,18H,4-7H2,1-3H3. The molecule has 0 aliphatic carbocycles. The molecule has 2 N–H and O–H groups in total. The van der Waals surface area contributed by atoms with Crippen molar-refractivity contribution in [1.29, 1.82) is 0 Å². The third-order valence-electron chi connectivity index (χ3n) is 3.64. The summed E-state index contributed by atoms with van der Waals surface area (Å²) in [5.74, 6) is -0.524. The highest BCUT2D eigenvalue weighted by Gasteiger charge is 2.30. The number of carbonyl (C=O) groups excluding carboxylic acids is 1. The van der Waals surface area contributed by atoms with E-state index in [2.05, 4.69) is 10.3 Å². The second kappa shape index (κ2) is 6.26. The fraction of sp³-hybridized carbons (Fsp3) is 0.643. The monoisotopic (exact) mass is 295 g/mol. The number of aromatic nitrogens is 2. The Morgan fingerprint density at radius 1 is 1.57 bits per heavy atom. The normalized spacial score (nSPS) is 20.9. The van der Waals surface area contributed by atoms with Gasteiger partial charge in [-0.3, -0.25) is 9.36 Å². The molecule has 0 saturated carbocycles. The summed E-state index contributed by atoms with van der Waals surface area (Å²) in [5.41, 5.74) is -0.862. The zero-order valence-corrected chi connectivity index (χ0v) is 12.5. The number of fused-ring (bicyclic) bond motifs is 1. The summed E-state index contributed by atoms with van der Waals surface area (Å²) < 4.78 is 6.31. The van der Waals surface area contributed by atoms with E-state index in [1.807, 2.05) is 14.0 Å². The molecule has 21 heavy (non-hydrogen) atoms. The van der Waals surface area contributed by atoms with Crippen LogP contribution in [0, 0.1) is 5.92 Å². The highest BCUT2D eigenvalue weighted by molar-refractivity contribution is 5.90. The zero-order valence-electron chi connectivity index (χ0n) is 12.5. The van der Waals surface area contributed by atoms with Gasteiger partial charge in [0, 0.05) is 19.0 Å². The Hall–Kier alpha value is -1.89. The van der Waals surface area contributed by atoms with E-state index in [-0.39, 0.29) is 18.2 Å². The molecular formula is C14H21N3O4. The molecule has 2 rings (SSSR count). The summed E-state index contributed by atoms with van der Waals surface area (Å²) in [6.45, 7) is 5.03. The molecule has 2 heterocycles. The number of rotatable bonds is 4. The summed E-state index contributed by atoms with van der Waals surface area (Å²) in [4.78, 5) is 28.3. The van der Waals surface area contributed by atoms with Crippen molar-refractivity contribution in [2.75, 3.05) is 20.2 Å². The quantitative estimate of drug-likeness (QED) is 0.784. The van der Waals surface area contributed by atoms with Crippen molar-refractivity contribution >= 4 is 5.97 Å². The van der Waals surface area contributed by atoms with Crippen LogP contribution in [0.1, 0.15) is 42.5 Å². The van der Waals surface area contributed by atoms with Crippen LogP contribution in [-0.4, -0.2) is 40.8 Å². The maximum absolute atomic E-state index is 12.3. The van der Waals surface area contributed by atoms with Gasteiger partial charge in [0.2, 0.25) is 5.75 Å². The second-order valence-electron chi connectivity index (χ2n) is 5.40. The van der Waals surface area contributed by atoms with Gasteiger partial charge in [-0.05, 0) is 26.3 Å². The van der Waals surface area contributed by atoms with Crippen LogP contribution in [-0.2, 0) is 11.3 Å². The highest BCUT2D eigenvalue weighted by Crippen LogP contribution is 2.29. The van der Waals surface area contributed by atoms with Crippen LogP contribution in [0.15, 0.2) is 4.79 Å². The molecule has 0 fully saturated rings. The molecule has 1 aromatic rings. The maximum Gasteiger partial charge on any atom is 0.361 e. The van der Waals surface area contributed by atoms with Crippen molar-refractivity contribution in [2.24, 2.45) is 5.92 Å². The van der Waals surface area contributed by atoms with Gasteiger partial charge in [0.05, 0.1) is 6.61 Å². The lowest BCUT2D eigenvalue weighted by atomic mass is 9.91. The summed E-state index contributed by atoms with van der Waals surface area (Å²) >= 11 is 0. The van der Waals surface area contributed by atoms with Gasteiger partial charge in [-0.15, -0.1) is 0 Å². The number of aromatic hydroxyl groups is 1. The van der Waals surface area contributed by atoms with Gasteiger partial charge in [0.25, 0.3) is 5.56 Å². The van der Waals surface area contributed by atoms with E-state index < -0.39 is 17.3 Å². The minimum Gasteiger partial charge on any atom is -0.501 e. The SMILES string of the molecule is CCOC(=O)c1nc2n(c(=O)c1O)CC(C)CC2CNC. The minimum absolute atomic E-state index is 0.0280. The van der Waals surface area contributed by atoms with Gasteiger partial charge in [0.1, 0.15) is 5.82 Å². The molecule has 0 amide bonds. The van der Waals surface area contributed by atoms with E-state index in [1.54, 1.807) is 6.92 Å². The number of nitrogens with zero attached hydrogens (tertiary/aromatic N) is 2. The molecule has 0 radical (unpaired) electrons. The molecule has 0 bridgehead atoms. The van der Waals surface area contributed by atoms with Gasteiger partial charge in [-0.2, -0.15) is 0 Å². The number of esters is 1. The predicted molar refractivity (Wildman–Crippen MR) is 76.6 cm³/mol. The summed E-state index contributed by atoms with van der Waals surface area (Å²) in [6, 6.07) is 0. The van der Waals surface area contributed by atoms with Crippen molar-refractivity contribution in [1.82, 2.24) is 14.9 Å². The van der Waals surface area contributed by atoms with Crippen LogP contribution >= 0.6 is 0 Å². The lowest BCUT2D eigenvalue weighted by Crippen LogP contribution is -2.37. The average molecular weight is 295 g/mol. The van der Waals surface area contributed by atoms with Crippen LogP contribution in [0.5, 0.6) is 5.75 Å². The molecule has 116 valence electrons. The Labute approximate surface area is 123 Å². The maximum atomic E-state index is 12.3. The summed E-state index contributed by atoms with van der Waals surface area (Å²) in [5, 5.41) is 13.0. The van der Waals surface area contributed by atoms with E-state index in [9.17, 15) is 14.7 Å². The molecule has 7 heteroatoms. The third-order valence-corrected chi connectivity index (χ3v) is 3.64. The number of likely N-dealkylation sites (N-methyl/N-ethyl adjacent to an activating group) is 1. The molecule has 0 aromatic carbocycles. The fourth-order valence-corrected chi connectivity index (χ4v) is 2.79. The van der Waals surface area contributed by atoms with Crippen molar-refractivity contribution in [3.05, 3.63) is 21.9 Å². The molecule has 1 aromatic heterocycles. The van der Waals surface area contributed by atoms with Crippen LogP contribution in [0.4, 0.5) is 0 Å². The summed E-state index contributed by atoms with van der Waals surface area (Å²) in [6.07, 6.45) is 0.875. The molecule has 2 atom stereocenters. The first-order valence-electron chi connectivity index (χ1n) is 7.14. The van der Waals surface area contributed by atoms with Crippen molar-refractivity contribution in [2.45, 2.75) is 32.7 Å². The van der Waals surface area contributed by atoms with E-state index in [0.717, 1.165) is 6.42 Å². The number of carbonyl (C=O) groups is 1. The lowest BCUT2D eigenvalue weighted by Gasteiger charge is -2.30. The predicted octanol–water partition coefficient (Wildman–Crippen LogP) is 0.468. The zero-order chi connectivity index (χ0) is 15.6. The average Bonchev–Trinajstić information content (AvgIpc) is 2.44.